The van der Waals surface area contributed by atoms with Gasteiger partial charge in [0, 0.05) is 0 Å². The minimum atomic E-state index is -2.63. The van der Waals surface area contributed by atoms with Crippen LogP contribution in [0, 0.1) is 5.92 Å². The molecule has 0 heterocycles. The molecule has 1 rings (SSSR count). The van der Waals surface area contributed by atoms with Gasteiger partial charge in [0.1, 0.15) is 0 Å². The van der Waals surface area contributed by atoms with Crippen molar-refractivity contribution in [2.45, 2.75) is 12.3 Å². The molecule has 1 aliphatic carbocycles. The second-order valence-electron chi connectivity index (χ2n) is 2.01. The van der Waals surface area contributed by atoms with E-state index in [1.807, 2.05) is 0 Å². The fourth-order valence-electron chi connectivity index (χ4n) is 0.591. The van der Waals surface area contributed by atoms with E-state index in [-0.39, 0.29) is 10.2 Å². The molecular weight excluding hydrogens is 241 g/mol. The van der Waals surface area contributed by atoms with Crippen molar-refractivity contribution in [1.29, 1.82) is 0 Å². The van der Waals surface area contributed by atoms with Crippen LogP contribution in [0.3, 0.4) is 0 Å². The Kier molecular flexibility index (Phi) is 1.75. The molecule has 0 aliphatic heterocycles. The van der Waals surface area contributed by atoms with Crippen LogP contribution in [0.5, 0.6) is 0 Å². The van der Waals surface area contributed by atoms with E-state index < -0.39 is 33.0 Å². The average molecular weight is 247 g/mol. The van der Waals surface area contributed by atoms with E-state index in [1.54, 1.807) is 4.93 Å². The van der Waals surface area contributed by atoms with Crippen molar-refractivity contribution in [2.24, 2.45) is 5.92 Å². The molecule has 0 N–H and O–H groups in total. The van der Waals surface area contributed by atoms with E-state index in [0.717, 1.165) is 0 Å². The molecule has 1 saturated carbocycles. The van der Waals surface area contributed by atoms with E-state index >= 15 is 0 Å². The van der Waals surface area contributed by atoms with Gasteiger partial charge in [0.25, 0.3) is 0 Å². The fourth-order valence-corrected chi connectivity index (χ4v) is 2.02. The van der Waals surface area contributed by atoms with Crippen molar-refractivity contribution in [2.75, 3.05) is 4.93 Å². The zero-order valence-corrected chi connectivity index (χ0v) is 6.98. The Labute approximate surface area is 62.1 Å². The van der Waals surface area contributed by atoms with Crippen LogP contribution in [0.25, 0.3) is 0 Å². The maximum atomic E-state index is 12.0. The first-order valence-electron chi connectivity index (χ1n) is 2.49. The fraction of sp³-hybridized carbons (Fsp3) is 0.800. The third-order valence-electron chi connectivity index (χ3n) is 1.29. The quantitative estimate of drug-likeness (QED) is 0.310. The molecule has 0 aromatic carbocycles. The van der Waals surface area contributed by atoms with Gasteiger partial charge in [-0.3, -0.25) is 0 Å². The zero-order chi connectivity index (χ0) is 7.07. The molecule has 0 saturated heterocycles. The van der Waals surface area contributed by atoms with Gasteiger partial charge < -0.3 is 0 Å². The maximum absolute atomic E-state index is 12.0. The van der Waals surface area contributed by atoms with Crippen molar-refractivity contribution >= 4 is 3.79 Å². The molecule has 1 fully saturated rings. The third kappa shape index (κ3) is 1.39. The Morgan fingerprint density at radius 2 is 2.22 bits per heavy atom. The van der Waals surface area contributed by atoms with Crippen LogP contribution < -0.4 is 21.2 Å². The van der Waals surface area contributed by atoms with E-state index in [0.29, 0.717) is 0 Å². The Hall–Kier alpha value is 0.260. The summed E-state index contributed by atoms with van der Waals surface area (Å²) in [6.45, 7) is 0. The Balaban J connectivity index is 2.42. The molecule has 4 heteroatoms. The molecule has 0 amide bonds. The van der Waals surface area contributed by atoms with Crippen molar-refractivity contribution < 1.29 is 34.8 Å². The topological polar surface area (TPSA) is 17.1 Å². The summed E-state index contributed by atoms with van der Waals surface area (Å²) in [7, 11) is 0. The van der Waals surface area contributed by atoms with Gasteiger partial charge in [0.2, 0.25) is 0 Å². The Morgan fingerprint density at radius 3 is 2.33 bits per heavy atom. The summed E-state index contributed by atoms with van der Waals surface area (Å²) in [6, 6.07) is 0. The van der Waals surface area contributed by atoms with Gasteiger partial charge in [-0.15, -0.1) is 0 Å². The van der Waals surface area contributed by atoms with E-state index in [4.69, 9.17) is 0 Å². The second-order valence-corrected chi connectivity index (χ2v) is 4.15. The SMILES string of the molecule is C[I-]C(=O)C1CC1(F)F. The van der Waals surface area contributed by atoms with Crippen LogP contribution >= 0.6 is 0 Å². The molecule has 1 atom stereocenters. The van der Waals surface area contributed by atoms with Gasteiger partial charge in [-0.25, -0.2) is 0 Å². The summed E-state index contributed by atoms with van der Waals surface area (Å²) < 4.78 is 23.9. The third-order valence-corrected chi connectivity index (χ3v) is 3.10. The van der Waals surface area contributed by atoms with Crippen molar-refractivity contribution in [3.05, 3.63) is 0 Å². The van der Waals surface area contributed by atoms with Gasteiger partial charge >= 0.3 is 61.8 Å². The molecule has 0 spiro atoms. The van der Waals surface area contributed by atoms with E-state index in [9.17, 15) is 13.6 Å². The summed E-state index contributed by atoms with van der Waals surface area (Å²) in [6.07, 6.45) is -0.195. The van der Waals surface area contributed by atoms with E-state index in [2.05, 4.69) is 0 Å². The van der Waals surface area contributed by atoms with Crippen LogP contribution in [0.2, 0.25) is 0 Å². The predicted octanol–water partition coefficient (Wildman–Crippen LogP) is -2.11. The summed E-state index contributed by atoms with van der Waals surface area (Å²) >= 11 is -0.612. The molecule has 0 radical (unpaired) electrons. The van der Waals surface area contributed by atoms with Crippen LogP contribution in [0.1, 0.15) is 6.42 Å². The number of halogens is 3. The van der Waals surface area contributed by atoms with Crippen LogP contribution in [0.4, 0.5) is 8.78 Å². The molecule has 0 bridgehead atoms. The average Bonchev–Trinajstić information content (AvgIpc) is 2.38. The monoisotopic (exact) mass is 247 g/mol. The van der Waals surface area contributed by atoms with Crippen molar-refractivity contribution in [3.8, 4) is 0 Å². The van der Waals surface area contributed by atoms with E-state index in [1.165, 1.54) is 0 Å². The second kappa shape index (κ2) is 2.14. The molecule has 1 unspecified atom stereocenters. The van der Waals surface area contributed by atoms with Crippen molar-refractivity contribution in [3.63, 3.8) is 0 Å². The molecule has 1 aliphatic rings. The van der Waals surface area contributed by atoms with Gasteiger partial charge in [0.15, 0.2) is 0 Å². The summed E-state index contributed by atoms with van der Waals surface area (Å²) in [5, 5.41) is 0. The number of hydrogen-bond donors (Lipinski definition) is 0. The van der Waals surface area contributed by atoms with Gasteiger partial charge in [-0.2, -0.15) is 0 Å². The van der Waals surface area contributed by atoms with Crippen molar-refractivity contribution in [1.82, 2.24) is 0 Å². The molecule has 1 nitrogen and oxygen atoms in total. The van der Waals surface area contributed by atoms with Crippen LogP contribution in [0.15, 0.2) is 0 Å². The Bertz CT molecular complexity index is 146. The number of hydrogen-bond acceptors (Lipinski definition) is 1. The first-order chi connectivity index (χ1) is 4.08. The molecule has 0 aromatic heterocycles. The normalized spacial score (nSPS) is 30.3. The summed E-state index contributed by atoms with van der Waals surface area (Å²) in [5.41, 5.74) is 0. The number of carbonyl (C=O) groups is 1. The number of rotatable bonds is 2. The van der Waals surface area contributed by atoms with Crippen LogP contribution in [-0.2, 0) is 4.79 Å². The molecule has 9 heavy (non-hydrogen) atoms. The minimum absolute atomic E-state index is 0.195. The summed E-state index contributed by atoms with van der Waals surface area (Å²) in [4.78, 5) is 12.3. The summed E-state index contributed by atoms with van der Waals surface area (Å²) in [5.74, 6) is -3.53. The van der Waals surface area contributed by atoms with Gasteiger partial charge in [0.05, 0.1) is 0 Å². The van der Waals surface area contributed by atoms with Crippen LogP contribution in [-0.4, -0.2) is 14.6 Å². The molecular formula is C5H6F2IO-. The van der Waals surface area contributed by atoms with Gasteiger partial charge in [-0.1, -0.05) is 0 Å². The predicted molar refractivity (Wildman–Crippen MR) is 24.0 cm³/mol. The molecule has 54 valence electrons. The van der Waals surface area contributed by atoms with Gasteiger partial charge in [-0.05, 0) is 0 Å². The number of carbonyl (C=O) groups excluding carboxylic acids is 1. The molecule has 0 aromatic rings. The standard InChI is InChI=1S/C5H6F2IO/c1-8-4(9)3-2-5(3,6)7/h3H,2H2,1H3/q-1. The first-order valence-corrected chi connectivity index (χ1v) is 5.72. The first kappa shape index (κ1) is 7.37. The zero-order valence-electron chi connectivity index (χ0n) is 4.83. The Morgan fingerprint density at radius 1 is 1.78 bits per heavy atom. The number of alkyl halides is 3.